The number of benzene rings is 1. The lowest BCUT2D eigenvalue weighted by molar-refractivity contribution is 0.183. The molecule has 2 aromatic heterocycles. The Labute approximate surface area is 94.9 Å². The molecule has 3 aromatic rings. The quantitative estimate of drug-likeness (QED) is 0.707. The van der Waals surface area contributed by atoms with Gasteiger partial charge in [0.25, 0.3) is 0 Å². The number of aliphatic hydroxyl groups excluding tert-OH is 1. The molecular formula is C11H8FN3O2. The average Bonchev–Trinajstić information content (AvgIpc) is 2.96. The minimum atomic E-state index is -1.03. The molecule has 0 radical (unpaired) electrons. The number of aromatic amines is 1. The zero-order valence-electron chi connectivity index (χ0n) is 8.59. The second kappa shape index (κ2) is 3.67. The van der Waals surface area contributed by atoms with Crippen molar-refractivity contribution < 1.29 is 13.9 Å². The maximum Gasteiger partial charge on any atom is 0.171 e. The Balaban J connectivity index is 2.06. The van der Waals surface area contributed by atoms with Crippen LogP contribution in [0.5, 0.6) is 0 Å². The van der Waals surface area contributed by atoms with Crippen molar-refractivity contribution in [3.05, 3.63) is 48.0 Å². The van der Waals surface area contributed by atoms with E-state index < -0.39 is 6.10 Å². The van der Waals surface area contributed by atoms with Crippen LogP contribution in [0.15, 0.2) is 35.0 Å². The first-order valence-corrected chi connectivity index (χ1v) is 4.96. The van der Waals surface area contributed by atoms with Crippen molar-refractivity contribution in [2.75, 3.05) is 0 Å². The van der Waals surface area contributed by atoms with Gasteiger partial charge in [-0.15, -0.1) is 0 Å². The number of halogens is 1. The fraction of sp³-hybridized carbons (Fsp3) is 0.0909. The molecule has 3 rings (SSSR count). The van der Waals surface area contributed by atoms with Gasteiger partial charge in [0.05, 0.1) is 0 Å². The second-order valence-electron chi connectivity index (χ2n) is 3.60. The summed E-state index contributed by atoms with van der Waals surface area (Å²) < 4.78 is 18.4. The van der Waals surface area contributed by atoms with Gasteiger partial charge in [-0.3, -0.25) is 5.10 Å². The van der Waals surface area contributed by atoms with Gasteiger partial charge in [-0.1, -0.05) is 0 Å². The maximum atomic E-state index is 13.0. The van der Waals surface area contributed by atoms with Gasteiger partial charge in [-0.25, -0.2) is 9.37 Å². The fourth-order valence-corrected chi connectivity index (χ4v) is 1.65. The summed E-state index contributed by atoms with van der Waals surface area (Å²) in [4.78, 5) is 3.83. The highest BCUT2D eigenvalue weighted by atomic mass is 19.1. The van der Waals surface area contributed by atoms with Crippen molar-refractivity contribution in [2.24, 2.45) is 0 Å². The molecule has 0 bridgehead atoms. The van der Waals surface area contributed by atoms with E-state index >= 15 is 0 Å². The number of aliphatic hydroxyl groups is 1. The highest BCUT2D eigenvalue weighted by Gasteiger charge is 2.18. The molecule has 0 spiro atoms. The van der Waals surface area contributed by atoms with Crippen molar-refractivity contribution in [1.82, 2.24) is 15.2 Å². The van der Waals surface area contributed by atoms with Gasteiger partial charge < -0.3 is 9.52 Å². The summed E-state index contributed by atoms with van der Waals surface area (Å²) in [6.45, 7) is 0. The number of nitrogens with one attached hydrogen (secondary N) is 1. The van der Waals surface area contributed by atoms with Crippen LogP contribution in [0.25, 0.3) is 11.0 Å². The largest absolute Gasteiger partial charge is 0.458 e. The fourth-order valence-electron chi connectivity index (χ4n) is 1.65. The SMILES string of the molecule is OC(c1ncn[nH]1)c1cc2cc(F)ccc2o1. The average molecular weight is 233 g/mol. The molecular weight excluding hydrogens is 225 g/mol. The van der Waals surface area contributed by atoms with Crippen LogP contribution in [0, 0.1) is 5.82 Å². The molecule has 1 unspecified atom stereocenters. The van der Waals surface area contributed by atoms with Crippen molar-refractivity contribution in [1.29, 1.82) is 0 Å². The molecule has 17 heavy (non-hydrogen) atoms. The van der Waals surface area contributed by atoms with E-state index in [1.807, 2.05) is 0 Å². The van der Waals surface area contributed by atoms with E-state index in [0.717, 1.165) is 0 Å². The summed E-state index contributed by atoms with van der Waals surface area (Å²) in [7, 11) is 0. The van der Waals surface area contributed by atoms with Crippen LogP contribution in [0.4, 0.5) is 4.39 Å². The van der Waals surface area contributed by atoms with Gasteiger partial charge in [-0.2, -0.15) is 5.10 Å². The third-order valence-corrected chi connectivity index (χ3v) is 2.46. The lowest BCUT2D eigenvalue weighted by atomic mass is 10.2. The number of hydrogen-bond acceptors (Lipinski definition) is 4. The van der Waals surface area contributed by atoms with Crippen molar-refractivity contribution in [3.8, 4) is 0 Å². The first-order chi connectivity index (χ1) is 8.24. The molecule has 1 atom stereocenters. The molecule has 0 saturated heterocycles. The smallest absolute Gasteiger partial charge is 0.171 e. The van der Waals surface area contributed by atoms with E-state index in [4.69, 9.17) is 4.42 Å². The minimum absolute atomic E-state index is 0.282. The third kappa shape index (κ3) is 1.68. The van der Waals surface area contributed by atoms with Gasteiger partial charge in [0.1, 0.15) is 23.5 Å². The monoisotopic (exact) mass is 233 g/mol. The summed E-state index contributed by atoms with van der Waals surface area (Å²) in [6, 6.07) is 5.73. The molecule has 6 heteroatoms. The Morgan fingerprint density at radius 3 is 3.00 bits per heavy atom. The summed E-state index contributed by atoms with van der Waals surface area (Å²) >= 11 is 0. The number of H-pyrrole nitrogens is 1. The van der Waals surface area contributed by atoms with Crippen molar-refractivity contribution in [2.45, 2.75) is 6.10 Å². The molecule has 0 amide bonds. The van der Waals surface area contributed by atoms with Crippen LogP contribution in [0.2, 0.25) is 0 Å². The minimum Gasteiger partial charge on any atom is -0.458 e. The standard InChI is InChI=1S/C11H8FN3O2/c12-7-1-2-8-6(3-7)4-9(17-8)10(16)11-13-5-14-15-11/h1-5,10,16H,(H,13,14,15). The lowest BCUT2D eigenvalue weighted by Gasteiger charge is -2.01. The van der Waals surface area contributed by atoms with Crippen molar-refractivity contribution in [3.63, 3.8) is 0 Å². The Hall–Kier alpha value is -2.21. The summed E-state index contributed by atoms with van der Waals surface area (Å²) in [5.41, 5.74) is 0.514. The molecule has 0 aliphatic carbocycles. The first kappa shape index (κ1) is 9.98. The van der Waals surface area contributed by atoms with Crippen LogP contribution >= 0.6 is 0 Å². The molecule has 0 aliphatic heterocycles. The van der Waals surface area contributed by atoms with Gasteiger partial charge in [0.2, 0.25) is 0 Å². The van der Waals surface area contributed by atoms with Gasteiger partial charge in [0, 0.05) is 5.39 Å². The molecule has 0 saturated carbocycles. The molecule has 2 N–H and O–H groups in total. The van der Waals surface area contributed by atoms with E-state index in [2.05, 4.69) is 15.2 Å². The van der Waals surface area contributed by atoms with Crippen LogP contribution in [-0.2, 0) is 0 Å². The summed E-state index contributed by atoms with van der Waals surface area (Å²) in [5.74, 6) is 0.228. The topological polar surface area (TPSA) is 74.9 Å². The number of hydrogen-bond donors (Lipinski definition) is 2. The number of furan rings is 1. The van der Waals surface area contributed by atoms with Gasteiger partial charge in [-0.05, 0) is 24.3 Å². The second-order valence-corrected chi connectivity index (χ2v) is 3.60. The van der Waals surface area contributed by atoms with Crippen LogP contribution in [0.1, 0.15) is 17.7 Å². The number of nitrogens with zero attached hydrogens (tertiary/aromatic N) is 2. The Morgan fingerprint density at radius 1 is 1.35 bits per heavy atom. The number of aromatic nitrogens is 3. The zero-order valence-corrected chi connectivity index (χ0v) is 8.59. The number of rotatable bonds is 2. The number of fused-ring (bicyclic) bond motifs is 1. The normalized spacial score (nSPS) is 13.1. The van der Waals surface area contributed by atoms with E-state index in [1.165, 1.54) is 24.5 Å². The summed E-state index contributed by atoms with van der Waals surface area (Å²) in [5, 5.41) is 16.7. The van der Waals surface area contributed by atoms with Crippen molar-refractivity contribution >= 4 is 11.0 Å². The molecule has 5 nitrogen and oxygen atoms in total. The Morgan fingerprint density at radius 2 is 2.24 bits per heavy atom. The molecule has 2 heterocycles. The molecule has 0 fully saturated rings. The highest BCUT2D eigenvalue weighted by Crippen LogP contribution is 2.26. The maximum absolute atomic E-state index is 13.0. The van der Waals surface area contributed by atoms with Crippen LogP contribution in [0.3, 0.4) is 0 Å². The predicted octanol–water partition coefficient (Wildman–Crippen LogP) is 1.77. The van der Waals surface area contributed by atoms with E-state index in [-0.39, 0.29) is 11.6 Å². The van der Waals surface area contributed by atoms with Gasteiger partial charge in [0.15, 0.2) is 11.9 Å². The highest BCUT2D eigenvalue weighted by molar-refractivity contribution is 5.78. The Bertz CT molecular complexity index is 648. The van der Waals surface area contributed by atoms with Crippen LogP contribution in [-0.4, -0.2) is 20.3 Å². The van der Waals surface area contributed by atoms with E-state index in [1.54, 1.807) is 6.07 Å². The lowest BCUT2D eigenvalue weighted by Crippen LogP contribution is -2.00. The molecule has 1 aromatic carbocycles. The van der Waals surface area contributed by atoms with E-state index in [0.29, 0.717) is 16.7 Å². The summed E-state index contributed by atoms with van der Waals surface area (Å²) in [6.07, 6.45) is 0.258. The van der Waals surface area contributed by atoms with Crippen LogP contribution < -0.4 is 0 Å². The van der Waals surface area contributed by atoms with E-state index in [9.17, 15) is 9.50 Å². The zero-order chi connectivity index (χ0) is 11.8. The predicted molar refractivity (Wildman–Crippen MR) is 56.6 cm³/mol. The molecule has 86 valence electrons. The molecule has 0 aliphatic rings. The van der Waals surface area contributed by atoms with Gasteiger partial charge >= 0.3 is 0 Å². The first-order valence-electron chi connectivity index (χ1n) is 4.96. The Kier molecular flexibility index (Phi) is 2.15. The third-order valence-electron chi connectivity index (χ3n) is 2.46.